The highest BCUT2D eigenvalue weighted by atomic mass is 35.5. The molecule has 0 radical (unpaired) electrons. The molecule has 0 aliphatic carbocycles. The van der Waals surface area contributed by atoms with Crippen LogP contribution in [-0.4, -0.2) is 23.5 Å². The number of halogens is 1. The highest BCUT2D eigenvalue weighted by Gasteiger charge is 2.28. The largest absolute Gasteiger partial charge is 0.455 e. The minimum Gasteiger partial charge on any atom is -0.455 e. The fourth-order valence-corrected chi connectivity index (χ4v) is 6.12. The Morgan fingerprint density at radius 3 is 2.41 bits per heavy atom. The number of benzene rings is 1. The number of nitrogens with one attached hydrogen (secondary N) is 2. The Kier molecular flexibility index (Phi) is 7.50. The summed E-state index contributed by atoms with van der Waals surface area (Å²) in [5, 5.41) is 3.43. The first-order chi connectivity index (χ1) is 18.1. The molecule has 0 saturated carbocycles. The van der Waals surface area contributed by atoms with Crippen LogP contribution in [-0.2, 0) is 17.1 Å². The molecule has 4 aromatic rings. The van der Waals surface area contributed by atoms with Crippen LogP contribution in [0.15, 0.2) is 61.6 Å². The minimum absolute atomic E-state index is 0.0341. The second kappa shape index (κ2) is 10.3. The summed E-state index contributed by atoms with van der Waals surface area (Å²) in [7, 11) is -2.40. The summed E-state index contributed by atoms with van der Waals surface area (Å²) in [4.78, 5) is 29.5. The van der Waals surface area contributed by atoms with Crippen LogP contribution >= 0.6 is 11.6 Å². The normalized spacial score (nSPS) is 13.0. The van der Waals surface area contributed by atoms with Gasteiger partial charge in [-0.05, 0) is 71.4 Å². The second-order valence-electron chi connectivity index (χ2n) is 10.7. The van der Waals surface area contributed by atoms with Gasteiger partial charge in [-0.1, -0.05) is 17.7 Å². The third-order valence-electron chi connectivity index (χ3n) is 6.10. The molecule has 11 heteroatoms. The zero-order valence-corrected chi connectivity index (χ0v) is 24.4. The molecule has 0 spiro atoms. The highest BCUT2D eigenvalue weighted by molar-refractivity contribution is 7.89. The maximum Gasteiger partial charge on any atom is 0.260 e. The molecule has 0 aliphatic heterocycles. The van der Waals surface area contributed by atoms with E-state index < -0.39 is 21.6 Å². The van der Waals surface area contributed by atoms with Crippen molar-refractivity contribution in [3.8, 4) is 11.3 Å². The lowest BCUT2D eigenvalue weighted by atomic mass is 9.99. The Balaban J connectivity index is 1.87. The smallest absolute Gasteiger partial charge is 0.260 e. The predicted molar refractivity (Wildman–Crippen MR) is 154 cm³/mol. The molecule has 1 atom stereocenters. The van der Waals surface area contributed by atoms with Crippen molar-refractivity contribution in [1.29, 1.82) is 0 Å². The molecule has 4 rings (SSSR count). The van der Waals surface area contributed by atoms with Gasteiger partial charge < -0.3 is 14.3 Å². The Labute approximate surface area is 231 Å². The number of nitrogens with zero attached hydrogens (tertiary/aromatic N) is 2. The quantitative estimate of drug-likeness (QED) is 0.310. The molecule has 9 nitrogen and oxygen atoms in total. The summed E-state index contributed by atoms with van der Waals surface area (Å²) in [5.74, 6) is 0.353. The van der Waals surface area contributed by atoms with Crippen molar-refractivity contribution in [2.45, 2.75) is 58.1 Å². The molecule has 0 saturated heterocycles. The molecule has 0 amide bonds. The molecule has 39 heavy (non-hydrogen) atoms. The molecule has 3 aromatic heterocycles. The van der Waals surface area contributed by atoms with Crippen LogP contribution in [0.25, 0.3) is 22.3 Å². The van der Waals surface area contributed by atoms with Crippen molar-refractivity contribution in [3.05, 3.63) is 85.0 Å². The standard InChI is InChI=1S/C28H31ClN4O5S/c1-15-12-19(17(3)30-21-9-10-22(29)31-27(21)39(36,37)32-28(4,5)6)26-20(13-15)24(35)16(2)25(38-26)18-8-11-23(34)33(7)14-18/h8-14,17,30,32H,1-7H3. The van der Waals surface area contributed by atoms with E-state index in [4.69, 9.17) is 16.0 Å². The van der Waals surface area contributed by atoms with E-state index in [9.17, 15) is 18.0 Å². The number of pyridine rings is 2. The molecule has 206 valence electrons. The number of rotatable bonds is 6. The number of fused-ring (bicyclic) bond motifs is 1. The summed E-state index contributed by atoms with van der Waals surface area (Å²) < 4.78 is 36.8. The lowest BCUT2D eigenvalue weighted by molar-refractivity contribution is 0.490. The monoisotopic (exact) mass is 570 g/mol. The summed E-state index contributed by atoms with van der Waals surface area (Å²) in [5.41, 5.74) is 1.98. The van der Waals surface area contributed by atoms with Gasteiger partial charge in [-0.15, -0.1) is 0 Å². The van der Waals surface area contributed by atoms with Gasteiger partial charge in [0, 0.05) is 41.5 Å². The predicted octanol–water partition coefficient (Wildman–Crippen LogP) is 5.07. The van der Waals surface area contributed by atoms with Crippen molar-refractivity contribution in [1.82, 2.24) is 14.3 Å². The van der Waals surface area contributed by atoms with Gasteiger partial charge in [-0.25, -0.2) is 18.1 Å². The molecular weight excluding hydrogens is 540 g/mol. The van der Waals surface area contributed by atoms with E-state index in [0.717, 1.165) is 5.56 Å². The maximum atomic E-state index is 13.5. The number of aryl methyl sites for hydroxylation is 2. The molecule has 1 aromatic carbocycles. The first-order valence-electron chi connectivity index (χ1n) is 12.3. The zero-order chi connectivity index (χ0) is 28.9. The van der Waals surface area contributed by atoms with E-state index in [1.165, 1.54) is 16.7 Å². The molecule has 0 bridgehead atoms. The first-order valence-corrected chi connectivity index (χ1v) is 14.2. The van der Waals surface area contributed by atoms with E-state index in [-0.39, 0.29) is 26.9 Å². The van der Waals surface area contributed by atoms with E-state index in [1.807, 2.05) is 19.9 Å². The third kappa shape index (κ3) is 5.93. The van der Waals surface area contributed by atoms with Crippen molar-refractivity contribution < 1.29 is 12.8 Å². The first kappa shape index (κ1) is 28.5. The van der Waals surface area contributed by atoms with Gasteiger partial charge in [0.25, 0.3) is 10.0 Å². The van der Waals surface area contributed by atoms with Gasteiger partial charge >= 0.3 is 0 Å². The second-order valence-corrected chi connectivity index (χ2v) is 12.7. The number of hydrogen-bond acceptors (Lipinski definition) is 7. The minimum atomic E-state index is -4.02. The molecular formula is C28H31ClN4O5S. The van der Waals surface area contributed by atoms with E-state index in [0.29, 0.717) is 33.4 Å². The summed E-state index contributed by atoms with van der Waals surface area (Å²) in [6, 6.07) is 9.24. The lowest BCUT2D eigenvalue weighted by Crippen LogP contribution is -2.41. The average Bonchev–Trinajstić information content (AvgIpc) is 2.82. The Morgan fingerprint density at radius 1 is 1.08 bits per heavy atom. The molecule has 1 unspecified atom stereocenters. The zero-order valence-electron chi connectivity index (χ0n) is 22.8. The van der Waals surface area contributed by atoms with Crippen molar-refractivity contribution in [3.63, 3.8) is 0 Å². The van der Waals surface area contributed by atoms with E-state index in [2.05, 4.69) is 15.0 Å². The maximum absolute atomic E-state index is 13.5. The van der Waals surface area contributed by atoms with Crippen LogP contribution < -0.4 is 21.0 Å². The Morgan fingerprint density at radius 2 is 1.77 bits per heavy atom. The molecule has 0 aliphatic rings. The molecule has 2 N–H and O–H groups in total. The van der Waals surface area contributed by atoms with Crippen LogP contribution in [0.5, 0.6) is 0 Å². The fraction of sp³-hybridized carbons (Fsp3) is 0.321. The van der Waals surface area contributed by atoms with Crippen LogP contribution in [0.3, 0.4) is 0 Å². The molecule has 3 heterocycles. The van der Waals surface area contributed by atoms with Gasteiger partial charge in [0.2, 0.25) is 5.56 Å². The van der Waals surface area contributed by atoms with Gasteiger partial charge in [0.05, 0.1) is 17.1 Å². The summed E-state index contributed by atoms with van der Waals surface area (Å²) >= 11 is 6.07. The van der Waals surface area contributed by atoms with Crippen LogP contribution in [0.2, 0.25) is 5.15 Å². The highest BCUT2D eigenvalue weighted by Crippen LogP contribution is 2.33. The van der Waals surface area contributed by atoms with Crippen LogP contribution in [0.4, 0.5) is 5.69 Å². The summed E-state index contributed by atoms with van der Waals surface area (Å²) in [6.45, 7) is 10.6. The van der Waals surface area contributed by atoms with Gasteiger partial charge in [0.15, 0.2) is 10.5 Å². The van der Waals surface area contributed by atoms with E-state index >= 15 is 0 Å². The van der Waals surface area contributed by atoms with Gasteiger partial charge in [0.1, 0.15) is 16.5 Å². The number of sulfonamides is 1. The van der Waals surface area contributed by atoms with Gasteiger partial charge in [-0.3, -0.25) is 9.59 Å². The number of hydrogen-bond donors (Lipinski definition) is 2. The van der Waals surface area contributed by atoms with Gasteiger partial charge in [-0.2, -0.15) is 0 Å². The summed E-state index contributed by atoms with van der Waals surface area (Å²) in [6.07, 6.45) is 1.62. The Hall–Kier alpha value is -3.47. The van der Waals surface area contributed by atoms with Crippen LogP contribution in [0, 0.1) is 13.8 Å². The Bertz CT molecular complexity index is 1820. The third-order valence-corrected chi connectivity index (χ3v) is 8.01. The number of aromatic nitrogens is 2. The van der Waals surface area contributed by atoms with Crippen molar-refractivity contribution in [2.24, 2.45) is 7.05 Å². The van der Waals surface area contributed by atoms with E-state index in [1.54, 1.807) is 59.1 Å². The SMILES string of the molecule is Cc1cc(C(C)Nc2ccc(Cl)nc2S(=O)(=O)NC(C)(C)C)c2oc(-c3ccc(=O)n(C)c3)c(C)c(=O)c2c1. The van der Waals surface area contributed by atoms with Crippen LogP contribution in [0.1, 0.15) is 50.4 Å². The number of anilines is 1. The average molecular weight is 571 g/mol. The van der Waals surface area contributed by atoms with Crippen molar-refractivity contribution in [2.75, 3.05) is 5.32 Å². The fourth-order valence-electron chi connectivity index (χ4n) is 4.39. The topological polar surface area (TPSA) is 123 Å². The lowest BCUT2D eigenvalue weighted by Gasteiger charge is -2.23. The van der Waals surface area contributed by atoms with Crippen molar-refractivity contribution >= 4 is 38.3 Å². The molecule has 0 fully saturated rings.